The number of alkyl halides is 3. The van der Waals surface area contributed by atoms with Crippen LogP contribution in [0.2, 0.25) is 0 Å². The molecule has 0 bridgehead atoms. The molecule has 4 nitrogen and oxygen atoms in total. The molecule has 1 heterocycles. The van der Waals surface area contributed by atoms with Gasteiger partial charge in [0.15, 0.2) is 0 Å². The Kier molecular flexibility index (Phi) is 6.72. The van der Waals surface area contributed by atoms with Crippen molar-refractivity contribution in [2.24, 2.45) is 0 Å². The number of thioether (sulfide) groups is 1. The minimum Gasteiger partial charge on any atom is -0.368 e. The van der Waals surface area contributed by atoms with Gasteiger partial charge in [0.25, 0.3) is 0 Å². The SMILES string of the molecule is O=C(NCCSc1ccccc1)N1CCN(c2cccc(C(F)(F)F)c2)CC1. The molecule has 0 spiro atoms. The first-order valence-corrected chi connectivity index (χ1v) is 10.0. The largest absolute Gasteiger partial charge is 0.416 e. The molecule has 0 aromatic heterocycles. The molecule has 150 valence electrons. The van der Waals surface area contributed by atoms with Gasteiger partial charge in [-0.2, -0.15) is 13.2 Å². The van der Waals surface area contributed by atoms with Gasteiger partial charge in [0.1, 0.15) is 0 Å². The standard InChI is InChI=1S/C20H22F3N3OS/c21-20(22,23)16-5-4-6-17(15-16)25-10-12-26(13-11-25)19(27)24-9-14-28-18-7-2-1-3-8-18/h1-8,15H,9-14H2,(H,24,27). The van der Waals surface area contributed by atoms with Crippen molar-refractivity contribution in [1.29, 1.82) is 0 Å². The third-order valence-electron chi connectivity index (χ3n) is 4.50. The highest BCUT2D eigenvalue weighted by Gasteiger charge is 2.31. The number of carbonyl (C=O) groups excluding carboxylic acids is 1. The molecule has 1 aliphatic heterocycles. The molecule has 3 rings (SSSR count). The third-order valence-corrected chi connectivity index (χ3v) is 5.51. The summed E-state index contributed by atoms with van der Waals surface area (Å²) in [7, 11) is 0. The fourth-order valence-electron chi connectivity index (χ4n) is 3.00. The summed E-state index contributed by atoms with van der Waals surface area (Å²) < 4.78 is 38.6. The zero-order valence-electron chi connectivity index (χ0n) is 15.3. The van der Waals surface area contributed by atoms with Crippen LogP contribution in [0.25, 0.3) is 0 Å². The van der Waals surface area contributed by atoms with Gasteiger partial charge in [0, 0.05) is 49.1 Å². The Labute approximate surface area is 166 Å². The predicted octanol–water partition coefficient (Wildman–Crippen LogP) is 4.33. The average molecular weight is 409 g/mol. The number of hydrogen-bond acceptors (Lipinski definition) is 3. The number of halogens is 3. The lowest BCUT2D eigenvalue weighted by molar-refractivity contribution is -0.137. The van der Waals surface area contributed by atoms with Gasteiger partial charge in [-0.05, 0) is 30.3 Å². The molecule has 2 amide bonds. The first-order valence-electron chi connectivity index (χ1n) is 9.06. The van der Waals surface area contributed by atoms with Gasteiger partial charge in [-0.25, -0.2) is 4.79 Å². The van der Waals surface area contributed by atoms with Crippen molar-refractivity contribution in [1.82, 2.24) is 10.2 Å². The fraction of sp³-hybridized carbons (Fsp3) is 0.350. The minimum absolute atomic E-state index is 0.127. The lowest BCUT2D eigenvalue weighted by atomic mass is 10.1. The zero-order chi connectivity index (χ0) is 20.0. The Hall–Kier alpha value is -2.35. The van der Waals surface area contributed by atoms with Crippen molar-refractivity contribution >= 4 is 23.5 Å². The maximum atomic E-state index is 12.9. The fourth-order valence-corrected chi connectivity index (χ4v) is 3.79. The topological polar surface area (TPSA) is 35.6 Å². The normalized spacial score (nSPS) is 14.8. The minimum atomic E-state index is -4.35. The van der Waals surface area contributed by atoms with E-state index in [1.165, 1.54) is 6.07 Å². The summed E-state index contributed by atoms with van der Waals surface area (Å²) in [6.07, 6.45) is -4.35. The van der Waals surface area contributed by atoms with E-state index in [0.29, 0.717) is 38.4 Å². The maximum absolute atomic E-state index is 12.9. The van der Waals surface area contributed by atoms with Crippen LogP contribution in [-0.4, -0.2) is 49.4 Å². The Morgan fingerprint density at radius 3 is 2.39 bits per heavy atom. The van der Waals surface area contributed by atoms with Gasteiger partial charge in [-0.3, -0.25) is 0 Å². The Morgan fingerprint density at radius 1 is 1.00 bits per heavy atom. The first kappa shape index (κ1) is 20.4. The van der Waals surface area contributed by atoms with Crippen LogP contribution in [0.5, 0.6) is 0 Å². The number of hydrogen-bond donors (Lipinski definition) is 1. The molecular formula is C20H22F3N3OS. The maximum Gasteiger partial charge on any atom is 0.416 e. The highest BCUT2D eigenvalue weighted by molar-refractivity contribution is 7.99. The van der Waals surface area contributed by atoms with Crippen LogP contribution in [-0.2, 0) is 6.18 Å². The molecule has 2 aromatic rings. The number of nitrogens with zero attached hydrogens (tertiary/aromatic N) is 2. The van der Waals surface area contributed by atoms with E-state index in [0.717, 1.165) is 22.8 Å². The van der Waals surface area contributed by atoms with E-state index >= 15 is 0 Å². The zero-order valence-corrected chi connectivity index (χ0v) is 16.1. The number of benzene rings is 2. The van der Waals surface area contributed by atoms with E-state index in [9.17, 15) is 18.0 Å². The Morgan fingerprint density at radius 2 is 1.71 bits per heavy atom. The summed E-state index contributed by atoms with van der Waals surface area (Å²) in [5.41, 5.74) is -0.116. The number of rotatable bonds is 5. The number of piperazine rings is 1. The quantitative estimate of drug-likeness (QED) is 0.590. The van der Waals surface area contributed by atoms with E-state index in [1.807, 2.05) is 35.2 Å². The van der Waals surface area contributed by atoms with E-state index in [4.69, 9.17) is 0 Å². The van der Waals surface area contributed by atoms with Crippen LogP contribution in [0.3, 0.4) is 0 Å². The van der Waals surface area contributed by atoms with Crippen LogP contribution in [0.1, 0.15) is 5.56 Å². The predicted molar refractivity (Wildman–Crippen MR) is 106 cm³/mol. The molecule has 2 aromatic carbocycles. The second-order valence-electron chi connectivity index (χ2n) is 6.42. The highest BCUT2D eigenvalue weighted by atomic mass is 32.2. The number of anilines is 1. The van der Waals surface area contributed by atoms with Crippen molar-refractivity contribution in [3.05, 3.63) is 60.2 Å². The van der Waals surface area contributed by atoms with Crippen molar-refractivity contribution in [3.63, 3.8) is 0 Å². The lowest BCUT2D eigenvalue weighted by Crippen LogP contribution is -2.52. The summed E-state index contributed by atoms with van der Waals surface area (Å²) in [6, 6.07) is 15.2. The molecule has 1 fully saturated rings. The van der Waals surface area contributed by atoms with Crippen molar-refractivity contribution in [2.45, 2.75) is 11.1 Å². The summed E-state index contributed by atoms with van der Waals surface area (Å²) >= 11 is 1.68. The van der Waals surface area contributed by atoms with Crippen molar-refractivity contribution in [2.75, 3.05) is 43.4 Å². The van der Waals surface area contributed by atoms with Crippen LogP contribution in [0, 0.1) is 0 Å². The average Bonchev–Trinajstić information content (AvgIpc) is 2.71. The Balaban J connectivity index is 1.43. The van der Waals surface area contributed by atoms with E-state index in [2.05, 4.69) is 5.32 Å². The first-order chi connectivity index (χ1) is 13.4. The molecule has 0 aliphatic carbocycles. The van der Waals surface area contributed by atoms with Crippen molar-refractivity contribution in [3.8, 4) is 0 Å². The molecule has 8 heteroatoms. The number of carbonyl (C=O) groups is 1. The summed E-state index contributed by atoms with van der Waals surface area (Å²) in [6.45, 7) is 2.54. The van der Waals surface area contributed by atoms with Gasteiger partial charge < -0.3 is 15.1 Å². The molecule has 1 aliphatic rings. The van der Waals surface area contributed by atoms with Crippen LogP contribution < -0.4 is 10.2 Å². The molecule has 0 saturated carbocycles. The number of urea groups is 1. The summed E-state index contributed by atoms with van der Waals surface area (Å²) in [4.78, 5) is 17.0. The molecule has 0 atom stereocenters. The molecule has 0 unspecified atom stereocenters. The molecular weight excluding hydrogens is 387 g/mol. The molecule has 0 radical (unpaired) electrons. The molecule has 1 N–H and O–H groups in total. The van der Waals surface area contributed by atoms with Gasteiger partial charge in [-0.15, -0.1) is 11.8 Å². The van der Waals surface area contributed by atoms with E-state index in [1.54, 1.807) is 22.7 Å². The van der Waals surface area contributed by atoms with Gasteiger partial charge >= 0.3 is 12.2 Å². The smallest absolute Gasteiger partial charge is 0.368 e. The highest BCUT2D eigenvalue weighted by Crippen LogP contribution is 2.31. The van der Waals surface area contributed by atoms with Gasteiger partial charge in [-0.1, -0.05) is 24.3 Å². The second-order valence-corrected chi connectivity index (χ2v) is 7.58. The van der Waals surface area contributed by atoms with E-state index in [-0.39, 0.29) is 6.03 Å². The lowest BCUT2D eigenvalue weighted by Gasteiger charge is -2.36. The Bertz CT molecular complexity index is 778. The van der Waals surface area contributed by atoms with Crippen LogP contribution in [0.4, 0.5) is 23.7 Å². The van der Waals surface area contributed by atoms with Gasteiger partial charge in [0.2, 0.25) is 0 Å². The second kappa shape index (κ2) is 9.23. The monoisotopic (exact) mass is 409 g/mol. The summed E-state index contributed by atoms with van der Waals surface area (Å²) in [5.74, 6) is 0.778. The third kappa shape index (κ3) is 5.58. The van der Waals surface area contributed by atoms with Gasteiger partial charge in [0.05, 0.1) is 5.56 Å². The van der Waals surface area contributed by atoms with Crippen LogP contribution >= 0.6 is 11.8 Å². The molecule has 28 heavy (non-hydrogen) atoms. The van der Waals surface area contributed by atoms with Crippen LogP contribution in [0.15, 0.2) is 59.5 Å². The van der Waals surface area contributed by atoms with E-state index < -0.39 is 11.7 Å². The number of amides is 2. The van der Waals surface area contributed by atoms with Crippen molar-refractivity contribution < 1.29 is 18.0 Å². The number of nitrogens with one attached hydrogen (secondary N) is 1. The summed E-state index contributed by atoms with van der Waals surface area (Å²) in [5, 5.41) is 2.91. The molecule has 1 saturated heterocycles.